The fraction of sp³-hybridized carbons (Fsp3) is 0.0667. The lowest BCUT2D eigenvalue weighted by atomic mass is 10.2. The van der Waals surface area contributed by atoms with E-state index >= 15 is 0 Å². The Morgan fingerprint density at radius 3 is 1.43 bits per heavy atom. The molecule has 0 saturated carbocycles. The molecule has 3 aromatic heterocycles. The van der Waals surface area contributed by atoms with Crippen LogP contribution in [-0.2, 0) is 0 Å². The summed E-state index contributed by atoms with van der Waals surface area (Å²) >= 11 is 0. The second kappa shape index (κ2) is 12.7. The quantitative estimate of drug-likeness (QED) is 0.121. The molecule has 0 spiro atoms. The Balaban J connectivity index is 1.57. The van der Waals surface area contributed by atoms with Gasteiger partial charge in [-0.25, -0.2) is 0 Å². The highest BCUT2D eigenvalue weighted by atomic mass is 15.4. The molecule has 5 rings (SSSR count). The largest absolute Gasteiger partial charge is 0.349 e. The van der Waals surface area contributed by atoms with E-state index in [0.29, 0.717) is 23.3 Å². The molecule has 0 aliphatic carbocycles. The Morgan fingerprint density at radius 1 is 0.550 bits per heavy atom. The molecular weight excluding hydrogens is 500 g/mol. The molecule has 4 N–H and O–H groups in total. The normalized spacial score (nSPS) is 11.6. The molecule has 0 unspecified atom stereocenters. The minimum Gasteiger partial charge on any atom is -0.349 e. The van der Waals surface area contributed by atoms with Crippen molar-refractivity contribution in [2.75, 3.05) is 21.5 Å². The van der Waals surface area contributed by atoms with Gasteiger partial charge in [0.05, 0.1) is 11.4 Å². The predicted octanol–water partition coefficient (Wildman–Crippen LogP) is 6.43. The summed E-state index contributed by atoms with van der Waals surface area (Å²) in [7, 11) is 0. The van der Waals surface area contributed by atoms with E-state index in [1.165, 1.54) is 0 Å². The van der Waals surface area contributed by atoms with E-state index in [1.54, 1.807) is 24.8 Å². The van der Waals surface area contributed by atoms with Gasteiger partial charge in [-0.2, -0.15) is 20.2 Å². The van der Waals surface area contributed by atoms with Crippen LogP contribution in [0.25, 0.3) is 0 Å². The topological polar surface area (TPSA) is 124 Å². The number of hydrogen-bond acceptors (Lipinski definition) is 10. The standard InChI is InChI=1S/C30H28N10/c1-21(23-13-17-31-18-14-23)37-39-28-27(33-25-9-5-3-6-10-25)29(40-38-22(2)24-15-19-32-20-16-24)36-30(35-28)34-26-11-7-4-8-12-26/h3-20,33H,1-2H3,(H3,34,35,36,39,40). The van der Waals surface area contributed by atoms with Gasteiger partial charge >= 0.3 is 0 Å². The van der Waals surface area contributed by atoms with Gasteiger partial charge in [0.2, 0.25) is 5.95 Å². The number of nitrogens with zero attached hydrogens (tertiary/aromatic N) is 6. The van der Waals surface area contributed by atoms with E-state index in [-0.39, 0.29) is 0 Å². The van der Waals surface area contributed by atoms with Gasteiger partial charge in [0, 0.05) is 47.3 Å². The number of hydrogen-bond donors (Lipinski definition) is 4. The molecule has 0 radical (unpaired) electrons. The van der Waals surface area contributed by atoms with Crippen LogP contribution in [0.3, 0.4) is 0 Å². The zero-order valence-electron chi connectivity index (χ0n) is 22.1. The highest BCUT2D eigenvalue weighted by Crippen LogP contribution is 2.33. The van der Waals surface area contributed by atoms with Gasteiger partial charge in [-0.1, -0.05) is 36.4 Å². The summed E-state index contributed by atoms with van der Waals surface area (Å²) < 4.78 is 0. The lowest BCUT2D eigenvalue weighted by Crippen LogP contribution is -2.10. The molecule has 0 saturated heterocycles. The first-order valence-corrected chi connectivity index (χ1v) is 12.6. The first kappa shape index (κ1) is 26.0. The fourth-order valence-corrected chi connectivity index (χ4v) is 3.70. The molecule has 0 amide bonds. The smallest absolute Gasteiger partial charge is 0.231 e. The summed E-state index contributed by atoms with van der Waals surface area (Å²) in [4.78, 5) is 17.7. The number of aromatic nitrogens is 4. The summed E-state index contributed by atoms with van der Waals surface area (Å²) in [6.45, 7) is 3.83. The Labute approximate surface area is 232 Å². The lowest BCUT2D eigenvalue weighted by molar-refractivity contribution is 1.12. The van der Waals surface area contributed by atoms with Gasteiger partial charge in [0.1, 0.15) is 5.69 Å². The highest BCUT2D eigenvalue weighted by molar-refractivity contribution is 6.00. The van der Waals surface area contributed by atoms with Crippen LogP contribution in [0.2, 0.25) is 0 Å². The lowest BCUT2D eigenvalue weighted by Gasteiger charge is -2.17. The van der Waals surface area contributed by atoms with Crippen LogP contribution in [0.15, 0.2) is 120 Å². The van der Waals surface area contributed by atoms with Gasteiger partial charge in [-0.05, 0) is 62.4 Å². The second-order valence-electron chi connectivity index (χ2n) is 8.69. The maximum atomic E-state index is 4.76. The molecule has 0 aliphatic rings. The average molecular weight is 529 g/mol. The number of pyridine rings is 2. The summed E-state index contributed by atoms with van der Waals surface area (Å²) in [5.74, 6) is 1.26. The zero-order valence-corrected chi connectivity index (χ0v) is 22.1. The van der Waals surface area contributed by atoms with E-state index in [1.807, 2.05) is 98.8 Å². The molecule has 3 heterocycles. The Kier molecular flexibility index (Phi) is 8.28. The third kappa shape index (κ3) is 6.81. The molecule has 2 aromatic carbocycles. The SMILES string of the molecule is CC(=NNc1nc(Nc2ccccc2)nc(NN=C(C)c2ccncc2)c1Nc1ccccc1)c1ccncc1. The molecular formula is C30H28N10. The van der Waals surface area contributed by atoms with E-state index in [4.69, 9.17) is 9.97 Å². The Morgan fingerprint density at radius 2 is 0.975 bits per heavy atom. The van der Waals surface area contributed by atoms with Crippen LogP contribution >= 0.6 is 0 Å². The number of hydrazone groups is 2. The maximum absolute atomic E-state index is 4.76. The van der Waals surface area contributed by atoms with Crippen molar-refractivity contribution in [2.24, 2.45) is 10.2 Å². The fourth-order valence-electron chi connectivity index (χ4n) is 3.70. The summed E-state index contributed by atoms with van der Waals surface area (Å²) in [5, 5.41) is 15.9. The molecule has 40 heavy (non-hydrogen) atoms. The van der Waals surface area contributed by atoms with Gasteiger partial charge in [-0.3, -0.25) is 20.8 Å². The average Bonchev–Trinajstić information content (AvgIpc) is 3.01. The van der Waals surface area contributed by atoms with Crippen molar-refractivity contribution < 1.29 is 0 Å². The monoisotopic (exact) mass is 528 g/mol. The third-order valence-electron chi connectivity index (χ3n) is 5.84. The zero-order chi connectivity index (χ0) is 27.6. The van der Waals surface area contributed by atoms with E-state index < -0.39 is 0 Å². The molecule has 0 atom stereocenters. The van der Waals surface area contributed by atoms with Crippen molar-refractivity contribution in [3.05, 3.63) is 121 Å². The molecule has 0 fully saturated rings. The van der Waals surface area contributed by atoms with Crippen LogP contribution in [0.5, 0.6) is 0 Å². The number of nitrogens with one attached hydrogen (secondary N) is 4. The van der Waals surface area contributed by atoms with Crippen LogP contribution in [0.4, 0.5) is 34.6 Å². The van der Waals surface area contributed by atoms with Crippen LogP contribution in [0, 0.1) is 0 Å². The van der Waals surface area contributed by atoms with E-state index in [9.17, 15) is 0 Å². The van der Waals surface area contributed by atoms with Crippen LogP contribution < -0.4 is 21.5 Å². The van der Waals surface area contributed by atoms with Crippen LogP contribution in [-0.4, -0.2) is 31.4 Å². The molecule has 0 aliphatic heterocycles. The predicted molar refractivity (Wildman–Crippen MR) is 162 cm³/mol. The van der Waals surface area contributed by atoms with Crippen molar-refractivity contribution >= 4 is 46.1 Å². The summed E-state index contributed by atoms with van der Waals surface area (Å²) in [6.07, 6.45) is 6.92. The van der Waals surface area contributed by atoms with Crippen molar-refractivity contribution in [3.8, 4) is 0 Å². The minimum absolute atomic E-state index is 0.364. The number of benzene rings is 2. The molecule has 198 valence electrons. The summed E-state index contributed by atoms with van der Waals surface area (Å²) in [5.41, 5.74) is 12.0. The first-order valence-electron chi connectivity index (χ1n) is 12.6. The number of para-hydroxylation sites is 2. The molecule has 10 heteroatoms. The van der Waals surface area contributed by atoms with E-state index in [2.05, 4.69) is 41.7 Å². The van der Waals surface area contributed by atoms with Gasteiger partial charge in [0.25, 0.3) is 0 Å². The van der Waals surface area contributed by atoms with Gasteiger partial charge in [0.15, 0.2) is 11.6 Å². The molecule has 5 aromatic rings. The number of rotatable bonds is 10. The van der Waals surface area contributed by atoms with E-state index in [0.717, 1.165) is 33.9 Å². The second-order valence-corrected chi connectivity index (χ2v) is 8.69. The van der Waals surface area contributed by atoms with Gasteiger partial charge in [-0.15, -0.1) is 0 Å². The Bertz CT molecular complexity index is 1510. The Hall–Kier alpha value is -5.64. The van der Waals surface area contributed by atoms with Crippen molar-refractivity contribution in [1.29, 1.82) is 0 Å². The first-order chi connectivity index (χ1) is 19.7. The third-order valence-corrected chi connectivity index (χ3v) is 5.84. The summed E-state index contributed by atoms with van der Waals surface area (Å²) in [6, 6.07) is 27.1. The maximum Gasteiger partial charge on any atom is 0.231 e. The van der Waals surface area contributed by atoms with Crippen molar-refractivity contribution in [1.82, 2.24) is 19.9 Å². The molecule has 10 nitrogen and oxygen atoms in total. The van der Waals surface area contributed by atoms with Crippen LogP contribution in [0.1, 0.15) is 25.0 Å². The minimum atomic E-state index is 0.364. The highest BCUT2D eigenvalue weighted by Gasteiger charge is 2.16. The van der Waals surface area contributed by atoms with Crippen molar-refractivity contribution in [3.63, 3.8) is 0 Å². The number of anilines is 6. The molecule has 0 bridgehead atoms. The van der Waals surface area contributed by atoms with Crippen molar-refractivity contribution in [2.45, 2.75) is 13.8 Å². The van der Waals surface area contributed by atoms with Gasteiger partial charge < -0.3 is 10.6 Å².